The fourth-order valence-corrected chi connectivity index (χ4v) is 3.80. The highest BCUT2D eigenvalue weighted by molar-refractivity contribution is 4.69. The van der Waals surface area contributed by atoms with Gasteiger partial charge in [-0.3, -0.25) is 0 Å². The second kappa shape index (κ2) is 14.5. The van der Waals surface area contributed by atoms with Crippen LogP contribution in [-0.4, -0.2) is 25.0 Å². The molecule has 0 radical (unpaired) electrons. The topological polar surface area (TPSA) is 3.24 Å². The largest absolute Gasteiger partial charge is 0.306 e. The van der Waals surface area contributed by atoms with Crippen molar-refractivity contribution in [2.24, 2.45) is 5.92 Å². The number of piperidine rings is 1. The van der Waals surface area contributed by atoms with Crippen molar-refractivity contribution in [3.63, 3.8) is 0 Å². The van der Waals surface area contributed by atoms with Gasteiger partial charge in [0.1, 0.15) is 0 Å². The van der Waals surface area contributed by atoms with Gasteiger partial charge in [0, 0.05) is 0 Å². The maximum absolute atomic E-state index is 2.49. The minimum absolute atomic E-state index is 1.05. The summed E-state index contributed by atoms with van der Waals surface area (Å²) in [7, 11) is 2.27. The molecule has 0 atom stereocenters. The van der Waals surface area contributed by atoms with E-state index in [0.29, 0.717) is 0 Å². The first kappa shape index (κ1) is 20.0. The van der Waals surface area contributed by atoms with Crippen LogP contribution in [0.3, 0.4) is 0 Å². The molecule has 0 amide bonds. The standard InChI is InChI=1S/C21H43N/c1-3-4-5-6-7-8-9-10-11-12-13-14-15-16-21-17-19-22(2)20-18-21/h21H,3-20H2,1-2H3. The third kappa shape index (κ3) is 11.5. The van der Waals surface area contributed by atoms with E-state index in [1.165, 1.54) is 116 Å². The van der Waals surface area contributed by atoms with E-state index in [-0.39, 0.29) is 0 Å². The van der Waals surface area contributed by atoms with E-state index < -0.39 is 0 Å². The van der Waals surface area contributed by atoms with Gasteiger partial charge in [-0.2, -0.15) is 0 Å². The Hall–Kier alpha value is -0.0400. The fourth-order valence-electron chi connectivity index (χ4n) is 3.80. The number of rotatable bonds is 14. The van der Waals surface area contributed by atoms with Gasteiger partial charge in [-0.25, -0.2) is 0 Å². The van der Waals surface area contributed by atoms with Crippen LogP contribution < -0.4 is 0 Å². The average Bonchev–Trinajstić information content (AvgIpc) is 2.53. The Labute approximate surface area is 141 Å². The van der Waals surface area contributed by atoms with Crippen molar-refractivity contribution in [2.75, 3.05) is 20.1 Å². The summed E-state index contributed by atoms with van der Waals surface area (Å²) in [5, 5.41) is 0. The normalized spacial score (nSPS) is 17.2. The first-order valence-corrected chi connectivity index (χ1v) is 10.5. The van der Waals surface area contributed by atoms with Gasteiger partial charge in [0.05, 0.1) is 0 Å². The molecule has 0 saturated carbocycles. The quantitative estimate of drug-likeness (QED) is 0.319. The first-order chi connectivity index (χ1) is 10.8. The molecule has 1 aliphatic heterocycles. The molecule has 0 N–H and O–H groups in total. The number of likely N-dealkylation sites (tertiary alicyclic amines) is 1. The zero-order chi connectivity index (χ0) is 15.9. The molecule has 0 aliphatic carbocycles. The minimum Gasteiger partial charge on any atom is -0.306 e. The summed E-state index contributed by atoms with van der Waals surface area (Å²) < 4.78 is 0. The van der Waals surface area contributed by atoms with Crippen molar-refractivity contribution >= 4 is 0 Å². The van der Waals surface area contributed by atoms with Crippen LogP contribution in [0.4, 0.5) is 0 Å². The van der Waals surface area contributed by atoms with Crippen molar-refractivity contribution in [2.45, 2.75) is 110 Å². The minimum atomic E-state index is 1.05. The molecule has 1 fully saturated rings. The molecule has 0 aromatic rings. The van der Waals surface area contributed by atoms with Gasteiger partial charge < -0.3 is 4.90 Å². The Morgan fingerprint density at radius 2 is 1.05 bits per heavy atom. The van der Waals surface area contributed by atoms with E-state index in [2.05, 4.69) is 18.9 Å². The Morgan fingerprint density at radius 3 is 1.50 bits per heavy atom. The van der Waals surface area contributed by atoms with Gasteiger partial charge >= 0.3 is 0 Å². The van der Waals surface area contributed by atoms with Gasteiger partial charge in [0.2, 0.25) is 0 Å². The van der Waals surface area contributed by atoms with E-state index in [9.17, 15) is 0 Å². The Bertz CT molecular complexity index is 218. The lowest BCUT2D eigenvalue weighted by Gasteiger charge is -2.28. The third-order valence-corrected chi connectivity index (χ3v) is 5.55. The van der Waals surface area contributed by atoms with E-state index in [1.807, 2.05) is 0 Å². The summed E-state index contributed by atoms with van der Waals surface area (Å²) in [5.74, 6) is 1.05. The predicted molar refractivity (Wildman–Crippen MR) is 101 cm³/mol. The van der Waals surface area contributed by atoms with Crippen LogP contribution in [-0.2, 0) is 0 Å². The number of unbranched alkanes of at least 4 members (excludes halogenated alkanes) is 12. The van der Waals surface area contributed by atoms with E-state index in [0.717, 1.165) is 5.92 Å². The van der Waals surface area contributed by atoms with Crippen molar-refractivity contribution in [3.05, 3.63) is 0 Å². The maximum atomic E-state index is 2.49. The van der Waals surface area contributed by atoms with Gasteiger partial charge in [0.15, 0.2) is 0 Å². The molecule has 1 aliphatic rings. The molecule has 0 unspecified atom stereocenters. The van der Waals surface area contributed by atoms with E-state index in [1.54, 1.807) is 0 Å². The lowest BCUT2D eigenvalue weighted by atomic mass is 9.91. The van der Waals surface area contributed by atoms with Crippen LogP contribution in [0.5, 0.6) is 0 Å². The monoisotopic (exact) mass is 309 g/mol. The smallest absolute Gasteiger partial charge is 0.00191 e. The van der Waals surface area contributed by atoms with Crippen molar-refractivity contribution in [1.82, 2.24) is 4.90 Å². The van der Waals surface area contributed by atoms with Crippen LogP contribution in [0.1, 0.15) is 110 Å². The predicted octanol–water partition coefficient (Wildman–Crippen LogP) is 6.81. The molecule has 132 valence electrons. The van der Waals surface area contributed by atoms with Crippen LogP contribution in [0.15, 0.2) is 0 Å². The second-order valence-electron chi connectivity index (χ2n) is 7.78. The third-order valence-electron chi connectivity index (χ3n) is 5.55. The molecule has 0 aromatic heterocycles. The molecule has 1 heteroatoms. The molecule has 0 bridgehead atoms. The fraction of sp³-hybridized carbons (Fsp3) is 1.00. The lowest BCUT2D eigenvalue weighted by molar-refractivity contribution is 0.209. The average molecular weight is 310 g/mol. The summed E-state index contributed by atoms with van der Waals surface area (Å²) in [6, 6.07) is 0. The number of nitrogens with zero attached hydrogens (tertiary/aromatic N) is 1. The molecule has 1 saturated heterocycles. The van der Waals surface area contributed by atoms with Crippen molar-refractivity contribution in [1.29, 1.82) is 0 Å². The highest BCUT2D eigenvalue weighted by Gasteiger charge is 2.15. The van der Waals surface area contributed by atoms with Crippen LogP contribution in [0.2, 0.25) is 0 Å². The molecule has 0 spiro atoms. The molecule has 22 heavy (non-hydrogen) atoms. The summed E-state index contributed by atoms with van der Waals surface area (Å²) in [4.78, 5) is 2.49. The number of hydrogen-bond donors (Lipinski definition) is 0. The molecule has 1 rings (SSSR count). The highest BCUT2D eigenvalue weighted by Crippen LogP contribution is 2.22. The summed E-state index contributed by atoms with van der Waals surface area (Å²) in [6.45, 7) is 4.97. The van der Waals surface area contributed by atoms with E-state index >= 15 is 0 Å². The van der Waals surface area contributed by atoms with Crippen molar-refractivity contribution in [3.8, 4) is 0 Å². The van der Waals surface area contributed by atoms with Crippen LogP contribution in [0, 0.1) is 5.92 Å². The van der Waals surface area contributed by atoms with Gasteiger partial charge in [-0.15, -0.1) is 0 Å². The maximum Gasteiger partial charge on any atom is -0.00191 e. The SMILES string of the molecule is CCCCCCCCCCCCCCCC1CCN(C)CC1. The molecule has 1 nitrogen and oxygen atoms in total. The first-order valence-electron chi connectivity index (χ1n) is 10.5. The zero-order valence-electron chi connectivity index (χ0n) is 15.8. The summed E-state index contributed by atoms with van der Waals surface area (Å²) >= 11 is 0. The number of hydrogen-bond acceptors (Lipinski definition) is 1. The lowest BCUT2D eigenvalue weighted by Crippen LogP contribution is -2.30. The highest BCUT2D eigenvalue weighted by atomic mass is 15.1. The van der Waals surface area contributed by atoms with Gasteiger partial charge in [0.25, 0.3) is 0 Å². The summed E-state index contributed by atoms with van der Waals surface area (Å²) in [5.41, 5.74) is 0. The van der Waals surface area contributed by atoms with Crippen LogP contribution in [0.25, 0.3) is 0 Å². The summed E-state index contributed by atoms with van der Waals surface area (Å²) in [6.07, 6.45) is 23.6. The van der Waals surface area contributed by atoms with Crippen LogP contribution >= 0.6 is 0 Å². The Morgan fingerprint density at radius 1 is 0.636 bits per heavy atom. The molecular weight excluding hydrogens is 266 g/mol. The van der Waals surface area contributed by atoms with E-state index in [4.69, 9.17) is 0 Å². The zero-order valence-corrected chi connectivity index (χ0v) is 15.8. The van der Waals surface area contributed by atoms with Gasteiger partial charge in [-0.1, -0.05) is 96.8 Å². The van der Waals surface area contributed by atoms with Crippen molar-refractivity contribution < 1.29 is 0 Å². The molecular formula is C21H43N. The van der Waals surface area contributed by atoms with Gasteiger partial charge in [-0.05, 0) is 38.9 Å². The molecule has 1 heterocycles. The Kier molecular flexibility index (Phi) is 13.2. The Balaban J connectivity index is 1.71. The molecule has 0 aromatic carbocycles. The second-order valence-corrected chi connectivity index (χ2v) is 7.78.